The van der Waals surface area contributed by atoms with Crippen molar-refractivity contribution in [3.05, 3.63) is 65.2 Å². The predicted octanol–water partition coefficient (Wildman–Crippen LogP) is 3.55. The zero-order valence-electron chi connectivity index (χ0n) is 12.5. The molecule has 1 aliphatic rings. The third-order valence-corrected chi connectivity index (χ3v) is 3.98. The number of aliphatic carboxylic acids is 1. The van der Waals surface area contributed by atoms with E-state index in [1.807, 2.05) is 36.4 Å². The number of carbonyl (C=O) groups excluding carboxylic acids is 1. The molecule has 0 fully saturated rings. The Hall–Kier alpha value is -2.82. The highest BCUT2D eigenvalue weighted by Gasteiger charge is 2.28. The molecule has 2 aromatic rings. The van der Waals surface area contributed by atoms with E-state index in [0.29, 0.717) is 18.5 Å². The topological polar surface area (TPSA) is 75.6 Å². The fourth-order valence-corrected chi connectivity index (χ4v) is 2.83. The lowest BCUT2D eigenvalue weighted by Crippen LogP contribution is -2.14. The van der Waals surface area contributed by atoms with E-state index in [2.05, 4.69) is 5.32 Å². The normalized spacial score (nSPS) is 15.7. The first-order valence-corrected chi connectivity index (χ1v) is 7.47. The van der Waals surface area contributed by atoms with Gasteiger partial charge in [-0.05, 0) is 41.7 Å². The number of rotatable bonds is 4. The van der Waals surface area contributed by atoms with Crippen LogP contribution in [-0.2, 0) is 22.6 Å². The molecule has 5 heteroatoms. The number of carboxylic acids is 1. The van der Waals surface area contributed by atoms with Gasteiger partial charge in [-0.3, -0.25) is 10.1 Å². The van der Waals surface area contributed by atoms with Crippen molar-refractivity contribution in [3.8, 4) is 0 Å². The van der Waals surface area contributed by atoms with E-state index in [1.54, 1.807) is 12.1 Å². The van der Waals surface area contributed by atoms with Crippen LogP contribution in [0.15, 0.2) is 48.5 Å². The van der Waals surface area contributed by atoms with E-state index >= 15 is 0 Å². The lowest BCUT2D eigenvalue weighted by molar-refractivity contribution is -0.138. The summed E-state index contributed by atoms with van der Waals surface area (Å²) in [4.78, 5) is 23.0. The van der Waals surface area contributed by atoms with E-state index in [1.165, 1.54) is 0 Å². The van der Waals surface area contributed by atoms with Gasteiger partial charge in [-0.15, -0.1) is 0 Å². The molecular weight excluding hydrogens is 294 g/mol. The Morgan fingerprint density at radius 2 is 1.96 bits per heavy atom. The van der Waals surface area contributed by atoms with Gasteiger partial charge in [-0.2, -0.15) is 0 Å². The number of nitrogens with one attached hydrogen (secondary N) is 1. The third-order valence-electron chi connectivity index (χ3n) is 3.98. The Kier molecular flexibility index (Phi) is 4.28. The molecule has 0 radical (unpaired) electrons. The molecule has 0 bridgehead atoms. The van der Waals surface area contributed by atoms with Crippen molar-refractivity contribution in [2.75, 3.05) is 5.32 Å². The second-order valence-electron chi connectivity index (χ2n) is 5.53. The first-order valence-electron chi connectivity index (χ1n) is 7.47. The summed E-state index contributed by atoms with van der Waals surface area (Å²) in [7, 11) is 0. The van der Waals surface area contributed by atoms with Crippen LogP contribution < -0.4 is 5.32 Å². The largest absolute Gasteiger partial charge is 0.481 e. The zero-order chi connectivity index (χ0) is 16.2. The van der Waals surface area contributed by atoms with Crippen LogP contribution >= 0.6 is 0 Å². The van der Waals surface area contributed by atoms with Crippen molar-refractivity contribution < 1.29 is 19.4 Å². The summed E-state index contributed by atoms with van der Waals surface area (Å²) in [5.41, 5.74) is 3.34. The van der Waals surface area contributed by atoms with Gasteiger partial charge in [0.15, 0.2) is 0 Å². The monoisotopic (exact) mass is 311 g/mol. The van der Waals surface area contributed by atoms with Gasteiger partial charge < -0.3 is 9.84 Å². The maximum atomic E-state index is 11.8. The molecule has 23 heavy (non-hydrogen) atoms. The Morgan fingerprint density at radius 3 is 2.70 bits per heavy atom. The minimum atomic E-state index is -0.799. The van der Waals surface area contributed by atoms with Gasteiger partial charge in [0.1, 0.15) is 6.61 Å². The smallest absolute Gasteiger partial charge is 0.411 e. The van der Waals surface area contributed by atoms with Crippen LogP contribution in [0.25, 0.3) is 0 Å². The van der Waals surface area contributed by atoms with Gasteiger partial charge in [0.05, 0.1) is 5.92 Å². The second kappa shape index (κ2) is 6.52. The van der Waals surface area contributed by atoms with Crippen LogP contribution in [0.4, 0.5) is 10.5 Å². The average molecular weight is 311 g/mol. The van der Waals surface area contributed by atoms with E-state index < -0.39 is 18.0 Å². The first-order chi connectivity index (χ1) is 11.1. The number of ether oxygens (including phenoxy) is 1. The molecule has 3 rings (SSSR count). The highest BCUT2D eigenvalue weighted by atomic mass is 16.5. The fourth-order valence-electron chi connectivity index (χ4n) is 2.83. The van der Waals surface area contributed by atoms with E-state index in [-0.39, 0.29) is 6.61 Å². The quantitative estimate of drug-likeness (QED) is 0.905. The minimum Gasteiger partial charge on any atom is -0.481 e. The van der Waals surface area contributed by atoms with Crippen LogP contribution in [0.1, 0.15) is 29.0 Å². The molecule has 0 aliphatic heterocycles. The maximum absolute atomic E-state index is 11.8. The number of hydrogen-bond donors (Lipinski definition) is 2. The molecule has 5 nitrogen and oxygen atoms in total. The molecule has 2 aromatic carbocycles. The molecule has 0 spiro atoms. The van der Waals surface area contributed by atoms with Crippen molar-refractivity contribution in [2.45, 2.75) is 25.4 Å². The number of benzene rings is 2. The molecule has 1 atom stereocenters. The SMILES string of the molecule is O=C(Nc1ccc2c(c1)CCC2C(=O)O)OCc1ccccc1. The number of anilines is 1. The van der Waals surface area contributed by atoms with Gasteiger partial charge in [0, 0.05) is 5.69 Å². The molecule has 0 heterocycles. The van der Waals surface area contributed by atoms with Crippen LogP contribution in [0.5, 0.6) is 0 Å². The van der Waals surface area contributed by atoms with E-state index in [9.17, 15) is 9.59 Å². The predicted molar refractivity (Wildman–Crippen MR) is 85.4 cm³/mol. The molecule has 1 unspecified atom stereocenters. The molecular formula is C18H17NO4. The summed E-state index contributed by atoms with van der Waals surface area (Å²) >= 11 is 0. The molecule has 0 saturated heterocycles. The van der Waals surface area contributed by atoms with Gasteiger partial charge >= 0.3 is 12.1 Å². The van der Waals surface area contributed by atoms with Crippen LogP contribution in [0.3, 0.4) is 0 Å². The van der Waals surface area contributed by atoms with Gasteiger partial charge in [0.25, 0.3) is 0 Å². The highest BCUT2D eigenvalue weighted by Crippen LogP contribution is 2.34. The standard InChI is InChI=1S/C18H17NO4/c20-17(21)16-8-6-13-10-14(7-9-15(13)16)19-18(22)23-11-12-4-2-1-3-5-12/h1-5,7,9-10,16H,6,8,11H2,(H,19,22)(H,20,21). The lowest BCUT2D eigenvalue weighted by atomic mass is 10.0. The molecule has 2 N–H and O–H groups in total. The number of aryl methyl sites for hydroxylation is 1. The number of carboxylic acid groups (broad SMARTS) is 1. The van der Waals surface area contributed by atoms with Crippen molar-refractivity contribution in [3.63, 3.8) is 0 Å². The summed E-state index contributed by atoms with van der Waals surface area (Å²) in [6, 6.07) is 14.7. The number of fused-ring (bicyclic) bond motifs is 1. The molecule has 1 amide bonds. The third kappa shape index (κ3) is 3.51. The van der Waals surface area contributed by atoms with Crippen LogP contribution in [0.2, 0.25) is 0 Å². The summed E-state index contributed by atoms with van der Waals surface area (Å²) in [6.07, 6.45) is 0.787. The number of amides is 1. The van der Waals surface area contributed by atoms with Gasteiger partial charge in [-0.1, -0.05) is 36.4 Å². The van der Waals surface area contributed by atoms with E-state index in [4.69, 9.17) is 9.84 Å². The zero-order valence-corrected chi connectivity index (χ0v) is 12.5. The average Bonchev–Trinajstić information content (AvgIpc) is 2.97. The Morgan fingerprint density at radius 1 is 1.17 bits per heavy atom. The van der Waals surface area contributed by atoms with Crippen LogP contribution in [0, 0.1) is 0 Å². The highest BCUT2D eigenvalue weighted by molar-refractivity contribution is 5.85. The van der Waals surface area contributed by atoms with Crippen LogP contribution in [-0.4, -0.2) is 17.2 Å². The van der Waals surface area contributed by atoms with Crippen molar-refractivity contribution in [1.29, 1.82) is 0 Å². The first kappa shape index (κ1) is 15.1. The molecule has 1 aliphatic carbocycles. The van der Waals surface area contributed by atoms with Gasteiger partial charge in [0.2, 0.25) is 0 Å². The molecule has 118 valence electrons. The Labute approximate surface area is 133 Å². The molecule has 0 aromatic heterocycles. The second-order valence-corrected chi connectivity index (χ2v) is 5.53. The number of carbonyl (C=O) groups is 2. The fraction of sp³-hybridized carbons (Fsp3) is 0.222. The summed E-state index contributed by atoms with van der Waals surface area (Å²) in [6.45, 7) is 0.207. The van der Waals surface area contributed by atoms with Crippen molar-refractivity contribution in [2.24, 2.45) is 0 Å². The lowest BCUT2D eigenvalue weighted by Gasteiger charge is -2.10. The van der Waals surface area contributed by atoms with Crippen molar-refractivity contribution >= 4 is 17.7 Å². The Bertz CT molecular complexity index is 727. The molecule has 0 saturated carbocycles. The Balaban J connectivity index is 1.60. The summed E-state index contributed by atoms with van der Waals surface area (Å²) in [5, 5.41) is 11.8. The maximum Gasteiger partial charge on any atom is 0.411 e. The minimum absolute atomic E-state index is 0.207. The summed E-state index contributed by atoms with van der Waals surface area (Å²) < 4.78 is 5.17. The summed E-state index contributed by atoms with van der Waals surface area (Å²) in [5.74, 6) is -1.24. The van der Waals surface area contributed by atoms with Gasteiger partial charge in [-0.25, -0.2) is 4.79 Å². The van der Waals surface area contributed by atoms with Crippen molar-refractivity contribution in [1.82, 2.24) is 0 Å². The number of hydrogen-bond acceptors (Lipinski definition) is 3. The van der Waals surface area contributed by atoms with E-state index in [0.717, 1.165) is 16.7 Å².